The van der Waals surface area contributed by atoms with E-state index in [-0.39, 0.29) is 45.3 Å². The number of carbonyl (C=O) groups is 2. The number of hydrogen-bond donors (Lipinski definition) is 1. The van der Waals surface area contributed by atoms with Crippen LogP contribution in [0.4, 0.5) is 10.1 Å². The number of aryl methyl sites for hydroxylation is 1. The van der Waals surface area contributed by atoms with Crippen molar-refractivity contribution in [3.05, 3.63) is 99.5 Å². The van der Waals surface area contributed by atoms with Crippen molar-refractivity contribution in [2.24, 2.45) is 4.99 Å². The number of aliphatic imine (C=N–C) groups is 1. The quantitative estimate of drug-likeness (QED) is 0.244. The Hall–Kier alpha value is -4.30. The van der Waals surface area contributed by atoms with Gasteiger partial charge in [-0.15, -0.1) is 0 Å². The van der Waals surface area contributed by atoms with Crippen LogP contribution in [0.1, 0.15) is 57.9 Å². The molecule has 0 saturated heterocycles. The molecule has 5 rings (SSSR count). The van der Waals surface area contributed by atoms with E-state index < -0.39 is 11.7 Å². The van der Waals surface area contributed by atoms with Crippen molar-refractivity contribution >= 4 is 34.7 Å². The van der Waals surface area contributed by atoms with Crippen LogP contribution in [-0.4, -0.2) is 35.2 Å². The number of aromatic nitrogens is 1. The molecule has 1 N–H and O–H groups in total. The number of amides is 1. The molecule has 0 bridgehead atoms. The fraction of sp³-hybridized carbons (Fsp3) is 0.226. The van der Waals surface area contributed by atoms with E-state index >= 15 is 0 Å². The summed E-state index contributed by atoms with van der Waals surface area (Å²) in [5.41, 5.74) is 3.17. The Kier molecular flexibility index (Phi) is 7.29. The van der Waals surface area contributed by atoms with Crippen molar-refractivity contribution in [2.75, 3.05) is 12.4 Å². The van der Waals surface area contributed by atoms with Crippen LogP contribution in [-0.2, 0) is 6.42 Å². The molecule has 0 radical (unpaired) electrons. The predicted molar refractivity (Wildman–Crippen MR) is 152 cm³/mol. The van der Waals surface area contributed by atoms with Gasteiger partial charge in [-0.3, -0.25) is 14.6 Å². The summed E-state index contributed by atoms with van der Waals surface area (Å²) in [6.45, 7) is 5.63. The van der Waals surface area contributed by atoms with Crippen LogP contribution in [0.3, 0.4) is 0 Å². The number of methoxy groups -OCH3 is 1. The Morgan fingerprint density at radius 3 is 2.65 bits per heavy atom. The Labute approximate surface area is 236 Å². The molecule has 40 heavy (non-hydrogen) atoms. The van der Waals surface area contributed by atoms with Crippen LogP contribution in [0.15, 0.2) is 70.2 Å². The Bertz CT molecular complexity index is 1650. The van der Waals surface area contributed by atoms with Gasteiger partial charge in [0.1, 0.15) is 28.6 Å². The number of rotatable bonds is 7. The first-order valence-electron chi connectivity index (χ1n) is 12.7. The van der Waals surface area contributed by atoms with Crippen molar-refractivity contribution in [2.45, 2.75) is 39.2 Å². The van der Waals surface area contributed by atoms with Crippen molar-refractivity contribution in [1.82, 2.24) is 5.16 Å². The van der Waals surface area contributed by atoms with Crippen LogP contribution < -0.4 is 10.1 Å². The molecule has 1 aliphatic rings. The van der Waals surface area contributed by atoms with Crippen molar-refractivity contribution < 1.29 is 23.2 Å². The minimum absolute atomic E-state index is 0.00245. The molecule has 0 atom stereocenters. The summed E-state index contributed by atoms with van der Waals surface area (Å²) in [5.74, 6) is -0.455. The van der Waals surface area contributed by atoms with Gasteiger partial charge in [0.05, 0.1) is 35.4 Å². The van der Waals surface area contributed by atoms with Gasteiger partial charge in [-0.1, -0.05) is 41.0 Å². The van der Waals surface area contributed by atoms with Crippen molar-refractivity contribution in [1.29, 1.82) is 0 Å². The standard InChI is InChI=1S/C31H27ClFN3O4/c1-17-27(29(36-40-17)28-23(32)9-6-10-24(28)33)30(38)34-20-8-5-7-18(13-20)26(37)15-25-22-14-21(39-4)12-11-19(22)16-31(2,3)35-25/h5-14H,15-16H2,1-4H3,(H,34,38). The smallest absolute Gasteiger partial charge is 0.261 e. The Morgan fingerprint density at radius 1 is 1.12 bits per heavy atom. The number of ether oxygens (including phenoxy) is 1. The molecule has 3 aromatic carbocycles. The second kappa shape index (κ2) is 10.7. The van der Waals surface area contributed by atoms with Gasteiger partial charge in [-0.05, 0) is 69.2 Å². The number of anilines is 1. The molecule has 0 saturated carbocycles. The normalized spacial score (nSPS) is 13.8. The lowest BCUT2D eigenvalue weighted by Crippen LogP contribution is -2.30. The van der Waals surface area contributed by atoms with Crippen LogP contribution in [0, 0.1) is 12.7 Å². The molecular formula is C31H27ClFN3O4. The number of hydrogen-bond acceptors (Lipinski definition) is 6. The van der Waals surface area contributed by atoms with Crippen molar-refractivity contribution in [3.8, 4) is 17.0 Å². The summed E-state index contributed by atoms with van der Waals surface area (Å²) in [5, 5.41) is 6.76. The number of nitrogens with one attached hydrogen (secondary N) is 1. The van der Waals surface area contributed by atoms with Crippen LogP contribution >= 0.6 is 11.6 Å². The molecule has 1 amide bonds. The van der Waals surface area contributed by atoms with Gasteiger partial charge < -0.3 is 14.6 Å². The van der Waals surface area contributed by atoms with Gasteiger partial charge >= 0.3 is 0 Å². The largest absolute Gasteiger partial charge is 0.497 e. The van der Waals surface area contributed by atoms with Gasteiger partial charge in [0, 0.05) is 16.8 Å². The second-order valence-electron chi connectivity index (χ2n) is 10.3. The number of halogens is 2. The SMILES string of the molecule is COc1ccc2c(c1)C(CC(=O)c1cccc(NC(=O)c3c(-c4c(F)cccc4Cl)noc3C)c1)=NC(C)(C)C2. The lowest BCUT2D eigenvalue weighted by Gasteiger charge is -2.29. The average molecular weight is 560 g/mol. The minimum Gasteiger partial charge on any atom is -0.497 e. The topological polar surface area (TPSA) is 93.8 Å². The van der Waals surface area contributed by atoms with E-state index in [1.54, 1.807) is 38.3 Å². The highest BCUT2D eigenvalue weighted by Crippen LogP contribution is 2.34. The molecule has 2 heterocycles. The summed E-state index contributed by atoms with van der Waals surface area (Å²) in [6.07, 6.45) is 0.843. The summed E-state index contributed by atoms with van der Waals surface area (Å²) < 4.78 is 25.2. The molecule has 0 fully saturated rings. The zero-order chi connectivity index (χ0) is 28.6. The number of ketones is 1. The monoisotopic (exact) mass is 559 g/mol. The highest BCUT2D eigenvalue weighted by Gasteiger charge is 2.29. The fourth-order valence-corrected chi connectivity index (χ4v) is 5.18. The zero-order valence-electron chi connectivity index (χ0n) is 22.5. The van der Waals surface area contributed by atoms with E-state index in [0.29, 0.717) is 22.7 Å². The summed E-state index contributed by atoms with van der Waals surface area (Å²) >= 11 is 6.20. The van der Waals surface area contributed by atoms with E-state index in [2.05, 4.69) is 10.5 Å². The van der Waals surface area contributed by atoms with E-state index in [1.165, 1.54) is 18.2 Å². The fourth-order valence-electron chi connectivity index (χ4n) is 4.92. The first-order chi connectivity index (χ1) is 19.1. The third kappa shape index (κ3) is 5.40. The summed E-state index contributed by atoms with van der Waals surface area (Å²) in [4.78, 5) is 31.6. The lowest BCUT2D eigenvalue weighted by molar-refractivity contribution is 0.0996. The molecule has 1 aromatic heterocycles. The molecule has 1 aliphatic heterocycles. The first-order valence-corrected chi connectivity index (χ1v) is 13.1. The second-order valence-corrected chi connectivity index (χ2v) is 10.7. The van der Waals surface area contributed by atoms with Gasteiger partial charge in [-0.25, -0.2) is 4.39 Å². The third-order valence-electron chi connectivity index (χ3n) is 6.75. The number of Topliss-reactive ketones (excluding diaryl/α,β-unsaturated/α-hetero) is 1. The molecule has 0 spiro atoms. The minimum atomic E-state index is -0.629. The van der Waals surface area contributed by atoms with Gasteiger partial charge in [0.25, 0.3) is 5.91 Å². The van der Waals surface area contributed by atoms with E-state index in [1.807, 2.05) is 32.0 Å². The molecule has 7 nitrogen and oxygen atoms in total. The number of benzene rings is 3. The van der Waals surface area contributed by atoms with E-state index in [0.717, 1.165) is 17.5 Å². The maximum Gasteiger partial charge on any atom is 0.261 e. The molecular weight excluding hydrogens is 533 g/mol. The summed E-state index contributed by atoms with van der Waals surface area (Å²) in [6, 6.07) is 16.7. The van der Waals surface area contributed by atoms with Gasteiger partial charge in [0.15, 0.2) is 5.78 Å². The summed E-state index contributed by atoms with van der Waals surface area (Å²) in [7, 11) is 1.60. The van der Waals surface area contributed by atoms with Crippen molar-refractivity contribution in [3.63, 3.8) is 0 Å². The highest BCUT2D eigenvalue weighted by atomic mass is 35.5. The molecule has 9 heteroatoms. The Balaban J connectivity index is 1.40. The average Bonchev–Trinajstić information content (AvgIpc) is 3.28. The number of carbonyl (C=O) groups excluding carboxylic acids is 2. The van der Waals surface area contributed by atoms with Crippen LogP contribution in [0.5, 0.6) is 5.75 Å². The third-order valence-corrected chi connectivity index (χ3v) is 7.06. The van der Waals surface area contributed by atoms with Gasteiger partial charge in [-0.2, -0.15) is 0 Å². The molecule has 0 aliphatic carbocycles. The molecule has 4 aromatic rings. The number of fused-ring (bicyclic) bond motifs is 1. The van der Waals surface area contributed by atoms with E-state index in [9.17, 15) is 14.0 Å². The molecule has 204 valence electrons. The molecule has 0 unspecified atom stereocenters. The van der Waals surface area contributed by atoms with Crippen LogP contribution in [0.2, 0.25) is 5.02 Å². The number of nitrogens with zero attached hydrogens (tertiary/aromatic N) is 2. The maximum absolute atomic E-state index is 14.6. The van der Waals surface area contributed by atoms with Gasteiger partial charge in [0.2, 0.25) is 0 Å². The van der Waals surface area contributed by atoms with Crippen LogP contribution in [0.25, 0.3) is 11.3 Å². The first kappa shape index (κ1) is 27.3. The predicted octanol–water partition coefficient (Wildman–Crippen LogP) is 7.10. The zero-order valence-corrected chi connectivity index (χ0v) is 23.2. The highest BCUT2D eigenvalue weighted by molar-refractivity contribution is 6.33. The van der Waals surface area contributed by atoms with E-state index in [4.69, 9.17) is 25.9 Å². The maximum atomic E-state index is 14.6. The lowest BCUT2D eigenvalue weighted by atomic mass is 9.85. The Morgan fingerprint density at radius 2 is 1.90 bits per heavy atom.